The van der Waals surface area contributed by atoms with Crippen LogP contribution in [0.3, 0.4) is 0 Å². The van der Waals surface area contributed by atoms with Crippen LogP contribution in [-0.2, 0) is 0 Å². The van der Waals surface area contributed by atoms with E-state index in [4.69, 9.17) is 0 Å². The summed E-state index contributed by atoms with van der Waals surface area (Å²) >= 11 is 0. The Morgan fingerprint density at radius 2 is 2.20 bits per heavy atom. The summed E-state index contributed by atoms with van der Waals surface area (Å²) in [7, 11) is 0. The molecular formula is C14H17FN2O3. The molecule has 1 aromatic rings. The molecule has 0 aliphatic heterocycles. The zero-order valence-electron chi connectivity index (χ0n) is 11.3. The first-order valence-electron chi connectivity index (χ1n) is 6.69. The van der Waals surface area contributed by atoms with E-state index in [1.54, 1.807) is 0 Å². The van der Waals surface area contributed by atoms with Gasteiger partial charge in [0.15, 0.2) is 0 Å². The SMILES string of the molecule is CCC1(CNC(=O)c2ccc(F)c([N+](=O)[O-])c2)CCC1. The van der Waals surface area contributed by atoms with Crippen LogP contribution < -0.4 is 5.32 Å². The van der Waals surface area contributed by atoms with Crippen LogP contribution in [0.2, 0.25) is 0 Å². The molecule has 0 bridgehead atoms. The molecule has 0 aromatic heterocycles. The second-order valence-corrected chi connectivity index (χ2v) is 5.31. The number of hydrogen-bond donors (Lipinski definition) is 1. The molecule has 108 valence electrons. The maximum atomic E-state index is 13.2. The van der Waals surface area contributed by atoms with Crippen molar-refractivity contribution >= 4 is 11.6 Å². The third-order valence-electron chi connectivity index (χ3n) is 4.19. The number of amides is 1. The number of nitrogens with one attached hydrogen (secondary N) is 1. The Hall–Kier alpha value is -1.98. The summed E-state index contributed by atoms with van der Waals surface area (Å²) in [5.41, 5.74) is -0.392. The molecule has 1 aromatic carbocycles. The normalized spacial score (nSPS) is 16.3. The highest BCUT2D eigenvalue weighted by Crippen LogP contribution is 2.43. The Morgan fingerprint density at radius 3 is 2.70 bits per heavy atom. The molecule has 1 saturated carbocycles. The van der Waals surface area contributed by atoms with Crippen molar-refractivity contribution in [1.29, 1.82) is 0 Å². The summed E-state index contributed by atoms with van der Waals surface area (Å²) in [4.78, 5) is 21.8. The van der Waals surface area contributed by atoms with Crippen LogP contribution in [0, 0.1) is 21.3 Å². The molecule has 20 heavy (non-hydrogen) atoms. The number of halogens is 1. The Balaban J connectivity index is 2.06. The van der Waals surface area contributed by atoms with Crippen molar-refractivity contribution in [2.45, 2.75) is 32.6 Å². The highest BCUT2D eigenvalue weighted by atomic mass is 19.1. The first kappa shape index (κ1) is 14.4. The zero-order valence-corrected chi connectivity index (χ0v) is 11.3. The van der Waals surface area contributed by atoms with E-state index in [0.29, 0.717) is 6.54 Å². The predicted octanol–water partition coefficient (Wildman–Crippen LogP) is 3.04. The van der Waals surface area contributed by atoms with Crippen LogP contribution in [0.1, 0.15) is 43.0 Å². The molecule has 0 atom stereocenters. The van der Waals surface area contributed by atoms with Crippen molar-refractivity contribution in [3.05, 3.63) is 39.7 Å². The lowest BCUT2D eigenvalue weighted by Crippen LogP contribution is -2.41. The fourth-order valence-corrected chi connectivity index (χ4v) is 2.50. The van der Waals surface area contributed by atoms with Crippen molar-refractivity contribution in [2.24, 2.45) is 5.41 Å². The maximum absolute atomic E-state index is 13.2. The van der Waals surface area contributed by atoms with Gasteiger partial charge in [0.05, 0.1) is 4.92 Å². The molecule has 1 amide bonds. The molecule has 6 heteroatoms. The van der Waals surface area contributed by atoms with Crippen molar-refractivity contribution in [3.63, 3.8) is 0 Å². The van der Waals surface area contributed by atoms with Gasteiger partial charge in [-0.25, -0.2) is 0 Å². The van der Waals surface area contributed by atoms with E-state index in [2.05, 4.69) is 12.2 Å². The topological polar surface area (TPSA) is 72.2 Å². The largest absolute Gasteiger partial charge is 0.351 e. The fraction of sp³-hybridized carbons (Fsp3) is 0.500. The first-order chi connectivity index (χ1) is 9.47. The van der Waals surface area contributed by atoms with Crippen molar-refractivity contribution < 1.29 is 14.1 Å². The third kappa shape index (κ3) is 2.79. The Kier molecular flexibility index (Phi) is 4.01. The minimum absolute atomic E-state index is 0.115. The van der Waals surface area contributed by atoms with Crippen molar-refractivity contribution in [2.75, 3.05) is 6.54 Å². The van der Waals surface area contributed by atoms with E-state index in [9.17, 15) is 19.3 Å². The third-order valence-corrected chi connectivity index (χ3v) is 4.19. The fourth-order valence-electron chi connectivity index (χ4n) is 2.50. The van der Waals surface area contributed by atoms with Gasteiger partial charge in [0, 0.05) is 18.2 Å². The van der Waals surface area contributed by atoms with Crippen LogP contribution >= 0.6 is 0 Å². The molecule has 1 fully saturated rings. The second-order valence-electron chi connectivity index (χ2n) is 5.31. The Morgan fingerprint density at radius 1 is 1.50 bits per heavy atom. The highest BCUT2D eigenvalue weighted by Gasteiger charge is 2.35. The van der Waals surface area contributed by atoms with Gasteiger partial charge in [-0.15, -0.1) is 0 Å². The van der Waals surface area contributed by atoms with Crippen LogP contribution in [0.4, 0.5) is 10.1 Å². The Labute approximate surface area is 116 Å². The van der Waals surface area contributed by atoms with Crippen LogP contribution in [-0.4, -0.2) is 17.4 Å². The van der Waals surface area contributed by atoms with Crippen LogP contribution in [0.15, 0.2) is 18.2 Å². The average molecular weight is 280 g/mol. The molecule has 0 spiro atoms. The van der Waals surface area contributed by atoms with E-state index >= 15 is 0 Å². The summed E-state index contributed by atoms with van der Waals surface area (Å²) in [5, 5.41) is 13.4. The summed E-state index contributed by atoms with van der Waals surface area (Å²) in [6.45, 7) is 2.65. The molecule has 0 unspecified atom stereocenters. The van der Waals surface area contributed by atoms with Gasteiger partial charge in [-0.3, -0.25) is 14.9 Å². The summed E-state index contributed by atoms with van der Waals surface area (Å²) in [5.74, 6) is -1.33. The van der Waals surface area contributed by atoms with Gasteiger partial charge in [-0.1, -0.05) is 13.3 Å². The monoisotopic (exact) mass is 280 g/mol. The van der Waals surface area contributed by atoms with E-state index in [1.807, 2.05) is 0 Å². The lowest BCUT2D eigenvalue weighted by molar-refractivity contribution is -0.387. The van der Waals surface area contributed by atoms with Gasteiger partial charge >= 0.3 is 5.69 Å². The molecule has 1 aliphatic carbocycles. The number of rotatable bonds is 5. The van der Waals surface area contributed by atoms with Crippen molar-refractivity contribution in [1.82, 2.24) is 5.32 Å². The van der Waals surface area contributed by atoms with E-state index in [-0.39, 0.29) is 11.0 Å². The number of carbonyl (C=O) groups excluding carboxylic acids is 1. The van der Waals surface area contributed by atoms with Gasteiger partial charge in [0.2, 0.25) is 5.82 Å². The van der Waals surface area contributed by atoms with Crippen LogP contribution in [0.5, 0.6) is 0 Å². The summed E-state index contributed by atoms with van der Waals surface area (Å²) < 4.78 is 13.2. The standard InChI is InChI=1S/C14H17FN2O3/c1-2-14(6-3-7-14)9-16-13(18)10-4-5-11(15)12(8-10)17(19)20/h4-5,8H,2-3,6-7,9H2,1H3,(H,16,18). The van der Waals surface area contributed by atoms with Gasteiger partial charge in [-0.05, 0) is 36.8 Å². The van der Waals surface area contributed by atoms with Gasteiger partial charge < -0.3 is 5.32 Å². The summed E-state index contributed by atoms with van der Waals surface area (Å²) in [6, 6.07) is 3.19. The molecule has 0 radical (unpaired) electrons. The van der Waals surface area contributed by atoms with Gasteiger partial charge in [0.1, 0.15) is 0 Å². The smallest absolute Gasteiger partial charge is 0.305 e. The Bertz CT molecular complexity index is 536. The van der Waals surface area contributed by atoms with Gasteiger partial charge in [0.25, 0.3) is 5.91 Å². The first-order valence-corrected chi connectivity index (χ1v) is 6.69. The second kappa shape index (κ2) is 5.56. The lowest BCUT2D eigenvalue weighted by atomic mass is 9.67. The molecule has 0 heterocycles. The minimum atomic E-state index is -0.935. The maximum Gasteiger partial charge on any atom is 0.305 e. The lowest BCUT2D eigenvalue weighted by Gasteiger charge is -2.41. The number of nitrogens with zero attached hydrogens (tertiary/aromatic N) is 1. The van der Waals surface area contributed by atoms with E-state index in [0.717, 1.165) is 31.4 Å². The summed E-state index contributed by atoms with van der Waals surface area (Å²) in [6.07, 6.45) is 4.35. The molecule has 5 nitrogen and oxygen atoms in total. The molecule has 0 saturated heterocycles. The number of carbonyl (C=O) groups is 1. The van der Waals surface area contributed by atoms with E-state index in [1.165, 1.54) is 12.5 Å². The van der Waals surface area contributed by atoms with Crippen molar-refractivity contribution in [3.8, 4) is 0 Å². The minimum Gasteiger partial charge on any atom is -0.351 e. The molecule has 1 aliphatic rings. The number of benzene rings is 1. The number of nitro benzene ring substituents is 1. The van der Waals surface area contributed by atoms with Gasteiger partial charge in [-0.2, -0.15) is 4.39 Å². The number of hydrogen-bond acceptors (Lipinski definition) is 3. The molecule has 1 N–H and O–H groups in total. The highest BCUT2D eigenvalue weighted by molar-refractivity contribution is 5.94. The quantitative estimate of drug-likeness (QED) is 0.665. The molecular weight excluding hydrogens is 263 g/mol. The zero-order chi connectivity index (χ0) is 14.8. The number of nitro groups is 1. The van der Waals surface area contributed by atoms with Crippen LogP contribution in [0.25, 0.3) is 0 Å². The average Bonchev–Trinajstić information content (AvgIpc) is 2.38. The van der Waals surface area contributed by atoms with E-state index < -0.39 is 22.3 Å². The molecule has 2 rings (SSSR count). The predicted molar refractivity (Wildman–Crippen MR) is 72.0 cm³/mol.